The summed E-state index contributed by atoms with van der Waals surface area (Å²) in [6, 6.07) is 11.7. The highest BCUT2D eigenvalue weighted by molar-refractivity contribution is 5.63. The normalized spacial score (nSPS) is 14.8. The van der Waals surface area contributed by atoms with Crippen molar-refractivity contribution in [3.63, 3.8) is 0 Å². The lowest BCUT2D eigenvalue weighted by Gasteiger charge is -2.37. The van der Waals surface area contributed by atoms with Crippen molar-refractivity contribution in [1.82, 2.24) is 0 Å². The van der Waals surface area contributed by atoms with E-state index in [0.29, 0.717) is 17.1 Å². The first-order chi connectivity index (χ1) is 11.6. The second-order valence-corrected chi connectivity index (χ2v) is 5.94. The maximum absolute atomic E-state index is 9.37. The quantitative estimate of drug-likeness (QED) is 0.740. The number of hydrogen-bond donors (Lipinski definition) is 3. The number of rotatable bonds is 4. The average molecular weight is 328 g/mol. The summed E-state index contributed by atoms with van der Waals surface area (Å²) in [5.74, 6) is 0.709. The molecule has 2 aromatic carbocycles. The Morgan fingerprint density at radius 1 is 0.917 bits per heavy atom. The van der Waals surface area contributed by atoms with Crippen LogP contribution in [0.15, 0.2) is 36.4 Å². The number of anilines is 4. The van der Waals surface area contributed by atoms with Gasteiger partial charge in [-0.2, -0.15) is 0 Å². The fraction of sp³-hybridized carbons (Fsp3) is 0.333. The van der Waals surface area contributed by atoms with E-state index in [1.54, 1.807) is 7.11 Å². The van der Waals surface area contributed by atoms with Gasteiger partial charge in [-0.3, -0.25) is 0 Å². The summed E-state index contributed by atoms with van der Waals surface area (Å²) in [4.78, 5) is 4.63. The van der Waals surface area contributed by atoms with Crippen LogP contribution in [0.3, 0.4) is 0 Å². The number of aliphatic hydroxyl groups is 1. The number of nitrogen functional groups attached to an aromatic ring is 2. The summed E-state index contributed by atoms with van der Waals surface area (Å²) in [6.45, 7) is 3.59. The molecule has 1 heterocycles. The molecular weight excluding hydrogens is 304 g/mol. The monoisotopic (exact) mass is 328 g/mol. The third-order valence-electron chi connectivity index (χ3n) is 4.52. The zero-order chi connectivity index (χ0) is 17.1. The van der Waals surface area contributed by atoms with Gasteiger partial charge in [-0.25, -0.2) is 0 Å². The van der Waals surface area contributed by atoms with Crippen molar-refractivity contribution in [1.29, 1.82) is 0 Å². The van der Waals surface area contributed by atoms with Crippen LogP contribution >= 0.6 is 0 Å². The zero-order valence-corrected chi connectivity index (χ0v) is 13.9. The average Bonchev–Trinajstić information content (AvgIpc) is 2.63. The van der Waals surface area contributed by atoms with Gasteiger partial charge in [-0.05, 0) is 30.3 Å². The minimum Gasteiger partial charge on any atom is -0.495 e. The van der Waals surface area contributed by atoms with Gasteiger partial charge in [0, 0.05) is 54.9 Å². The predicted molar refractivity (Wildman–Crippen MR) is 98.6 cm³/mol. The lowest BCUT2D eigenvalue weighted by atomic mass is 10.1. The third-order valence-corrected chi connectivity index (χ3v) is 4.52. The molecule has 0 aliphatic carbocycles. The van der Waals surface area contributed by atoms with Crippen molar-refractivity contribution in [3.8, 4) is 5.75 Å². The highest BCUT2D eigenvalue weighted by Gasteiger charge is 2.19. The number of hydrogen-bond acceptors (Lipinski definition) is 6. The molecule has 1 aliphatic rings. The van der Waals surface area contributed by atoms with Crippen molar-refractivity contribution in [3.05, 3.63) is 42.0 Å². The molecule has 1 saturated heterocycles. The molecule has 0 unspecified atom stereocenters. The molecule has 1 fully saturated rings. The summed E-state index contributed by atoms with van der Waals surface area (Å²) in [5.41, 5.74) is 16.0. The van der Waals surface area contributed by atoms with Crippen LogP contribution in [0.25, 0.3) is 0 Å². The summed E-state index contributed by atoms with van der Waals surface area (Å²) < 4.78 is 5.31. The smallest absolute Gasteiger partial charge is 0.143 e. The van der Waals surface area contributed by atoms with E-state index in [9.17, 15) is 5.11 Å². The first-order valence-electron chi connectivity index (χ1n) is 8.05. The minimum absolute atomic E-state index is 0.0368. The fourth-order valence-electron chi connectivity index (χ4n) is 3.05. The van der Waals surface area contributed by atoms with Gasteiger partial charge < -0.3 is 31.1 Å². The largest absolute Gasteiger partial charge is 0.495 e. The van der Waals surface area contributed by atoms with E-state index < -0.39 is 0 Å². The van der Waals surface area contributed by atoms with E-state index in [4.69, 9.17) is 16.2 Å². The van der Waals surface area contributed by atoms with Gasteiger partial charge in [0.1, 0.15) is 5.75 Å². The minimum atomic E-state index is -0.0368. The first-order valence-corrected chi connectivity index (χ1v) is 8.05. The Bertz CT molecular complexity index is 651. The fourth-order valence-corrected chi connectivity index (χ4v) is 3.05. The van der Waals surface area contributed by atoms with E-state index in [1.807, 2.05) is 36.4 Å². The van der Waals surface area contributed by atoms with E-state index in [1.165, 1.54) is 0 Å². The Morgan fingerprint density at radius 2 is 1.46 bits per heavy atom. The van der Waals surface area contributed by atoms with Gasteiger partial charge >= 0.3 is 0 Å². The predicted octanol–water partition coefficient (Wildman–Crippen LogP) is 1.68. The standard InChI is InChI=1S/C18H24N4O2/c1-24-18-11-15(3-5-17(18)20)22-8-6-21(7-9-22)14-2-4-16(19)13(10-14)12-23/h2-5,10-11,23H,6-9,12,19-20H2,1H3. The van der Waals surface area contributed by atoms with E-state index in [2.05, 4.69) is 9.80 Å². The van der Waals surface area contributed by atoms with Crippen LogP contribution in [0.1, 0.15) is 5.56 Å². The van der Waals surface area contributed by atoms with Gasteiger partial charge in [0.05, 0.1) is 19.4 Å². The van der Waals surface area contributed by atoms with Crippen molar-refractivity contribution >= 4 is 22.7 Å². The van der Waals surface area contributed by atoms with Gasteiger partial charge in [-0.1, -0.05) is 0 Å². The van der Waals surface area contributed by atoms with Crippen molar-refractivity contribution in [2.75, 3.05) is 54.6 Å². The molecule has 3 rings (SSSR count). The van der Waals surface area contributed by atoms with Crippen LogP contribution in [-0.2, 0) is 6.61 Å². The van der Waals surface area contributed by atoms with Crippen molar-refractivity contribution in [2.24, 2.45) is 0 Å². The van der Waals surface area contributed by atoms with E-state index in [0.717, 1.165) is 43.1 Å². The molecule has 0 radical (unpaired) electrons. The van der Waals surface area contributed by atoms with Crippen molar-refractivity contribution in [2.45, 2.75) is 6.61 Å². The molecule has 0 saturated carbocycles. The number of methoxy groups -OCH3 is 1. The van der Waals surface area contributed by atoms with Crippen LogP contribution in [0.2, 0.25) is 0 Å². The van der Waals surface area contributed by atoms with Crippen LogP contribution in [0, 0.1) is 0 Å². The molecule has 0 atom stereocenters. The highest BCUT2D eigenvalue weighted by Crippen LogP contribution is 2.29. The van der Waals surface area contributed by atoms with Crippen LogP contribution in [-0.4, -0.2) is 38.4 Å². The number of nitrogens with zero attached hydrogens (tertiary/aromatic N) is 2. The molecule has 5 N–H and O–H groups in total. The Kier molecular flexibility index (Phi) is 4.66. The molecule has 24 heavy (non-hydrogen) atoms. The van der Waals surface area contributed by atoms with Gasteiger partial charge in [0.25, 0.3) is 0 Å². The molecular formula is C18H24N4O2. The van der Waals surface area contributed by atoms with Crippen LogP contribution < -0.4 is 26.0 Å². The van der Waals surface area contributed by atoms with E-state index in [-0.39, 0.29) is 6.61 Å². The van der Waals surface area contributed by atoms with Gasteiger partial charge in [0.2, 0.25) is 0 Å². The Labute approximate surface area is 142 Å². The molecule has 0 spiro atoms. The molecule has 2 aromatic rings. The summed E-state index contributed by atoms with van der Waals surface area (Å²) >= 11 is 0. The molecule has 0 bridgehead atoms. The lowest BCUT2D eigenvalue weighted by Crippen LogP contribution is -2.46. The summed E-state index contributed by atoms with van der Waals surface area (Å²) in [5, 5.41) is 9.37. The highest BCUT2D eigenvalue weighted by atomic mass is 16.5. The van der Waals surface area contributed by atoms with Crippen LogP contribution in [0.5, 0.6) is 5.75 Å². The molecule has 128 valence electrons. The SMILES string of the molecule is COc1cc(N2CCN(c3ccc(N)c(CO)c3)CC2)ccc1N. The second kappa shape index (κ2) is 6.88. The molecule has 6 nitrogen and oxygen atoms in total. The second-order valence-electron chi connectivity index (χ2n) is 5.94. The Hall–Kier alpha value is -2.60. The number of aliphatic hydroxyl groups excluding tert-OH is 1. The third kappa shape index (κ3) is 3.19. The summed E-state index contributed by atoms with van der Waals surface area (Å²) in [6.07, 6.45) is 0. The molecule has 1 aliphatic heterocycles. The van der Waals surface area contributed by atoms with Crippen molar-refractivity contribution < 1.29 is 9.84 Å². The number of nitrogens with two attached hydrogens (primary N) is 2. The Morgan fingerprint density at radius 3 is 2.00 bits per heavy atom. The van der Waals surface area contributed by atoms with Crippen LogP contribution in [0.4, 0.5) is 22.7 Å². The maximum Gasteiger partial charge on any atom is 0.143 e. The maximum atomic E-state index is 9.37. The van der Waals surface area contributed by atoms with Gasteiger partial charge in [-0.15, -0.1) is 0 Å². The van der Waals surface area contributed by atoms with E-state index >= 15 is 0 Å². The number of ether oxygens (including phenoxy) is 1. The Balaban J connectivity index is 1.69. The summed E-state index contributed by atoms with van der Waals surface area (Å²) in [7, 11) is 1.63. The topological polar surface area (TPSA) is 88.0 Å². The zero-order valence-electron chi connectivity index (χ0n) is 13.9. The molecule has 0 aromatic heterocycles. The molecule has 6 heteroatoms. The molecule has 0 amide bonds. The number of piperazine rings is 1. The first kappa shape index (κ1) is 16.3. The van der Waals surface area contributed by atoms with Gasteiger partial charge in [0.15, 0.2) is 0 Å². The number of benzene rings is 2. The lowest BCUT2D eigenvalue weighted by molar-refractivity contribution is 0.282.